The van der Waals surface area contributed by atoms with Crippen LogP contribution in [0.25, 0.3) is 0 Å². The maximum atomic E-state index is 13.2. The van der Waals surface area contributed by atoms with E-state index < -0.39 is 0 Å². The van der Waals surface area contributed by atoms with Crippen molar-refractivity contribution in [1.29, 1.82) is 0 Å². The van der Waals surface area contributed by atoms with E-state index in [2.05, 4.69) is 10.2 Å². The van der Waals surface area contributed by atoms with E-state index in [-0.39, 0.29) is 36.0 Å². The fourth-order valence-corrected chi connectivity index (χ4v) is 3.41. The van der Waals surface area contributed by atoms with Crippen molar-refractivity contribution >= 4 is 11.8 Å². The number of rotatable bonds is 4. The van der Waals surface area contributed by atoms with Gasteiger partial charge in [0.2, 0.25) is 5.91 Å². The Morgan fingerprint density at radius 1 is 1.33 bits per heavy atom. The summed E-state index contributed by atoms with van der Waals surface area (Å²) in [5, 5.41) is 6.84. The van der Waals surface area contributed by atoms with Gasteiger partial charge in [-0.1, -0.05) is 26.0 Å². The number of halogens is 1. The monoisotopic (exact) mass is 372 g/mol. The Balaban J connectivity index is 1.81. The molecule has 0 aliphatic carbocycles. The van der Waals surface area contributed by atoms with Crippen LogP contribution in [0, 0.1) is 18.7 Å². The van der Waals surface area contributed by atoms with Gasteiger partial charge in [0.1, 0.15) is 11.5 Å². The van der Waals surface area contributed by atoms with Crippen LogP contribution in [0.5, 0.6) is 0 Å². The molecule has 1 saturated heterocycles. The summed E-state index contributed by atoms with van der Waals surface area (Å²) in [6, 6.07) is 7.79. The zero-order chi connectivity index (χ0) is 19.6. The Labute approximate surface area is 158 Å². The molecule has 0 radical (unpaired) electrons. The van der Waals surface area contributed by atoms with Crippen LogP contribution in [0.1, 0.15) is 42.0 Å². The van der Waals surface area contributed by atoms with Gasteiger partial charge in [-0.15, -0.1) is 0 Å². The average molecular weight is 372 g/mol. The number of aromatic nitrogens is 2. The quantitative estimate of drug-likeness (QED) is 0.897. The van der Waals surface area contributed by atoms with Gasteiger partial charge in [0.25, 0.3) is 5.91 Å². The minimum Gasteiger partial charge on any atom is -0.335 e. The highest BCUT2D eigenvalue weighted by atomic mass is 19.1. The molecule has 1 aromatic carbocycles. The molecule has 27 heavy (non-hydrogen) atoms. The molecule has 0 spiro atoms. The average Bonchev–Trinajstić information content (AvgIpc) is 3.00. The molecule has 1 aliphatic heterocycles. The summed E-state index contributed by atoms with van der Waals surface area (Å²) in [5.41, 5.74) is 2.06. The Bertz CT molecular complexity index is 816. The molecule has 2 heterocycles. The molecule has 7 heteroatoms. The number of amides is 2. The summed E-state index contributed by atoms with van der Waals surface area (Å²) >= 11 is 0. The Hall–Kier alpha value is -2.70. The molecular weight excluding hydrogens is 347 g/mol. The number of carbonyl (C=O) groups is 2. The number of hydrogen-bond donors (Lipinski definition) is 1. The molecule has 0 saturated carbocycles. The first kappa shape index (κ1) is 19.1. The third-order valence-corrected chi connectivity index (χ3v) is 4.97. The summed E-state index contributed by atoms with van der Waals surface area (Å²) in [6.07, 6.45) is 0.263. The molecule has 6 nitrogen and oxygen atoms in total. The maximum absolute atomic E-state index is 13.2. The number of H-pyrrole nitrogens is 1. The number of nitrogens with zero attached hydrogens (tertiary/aromatic N) is 3. The van der Waals surface area contributed by atoms with Crippen molar-refractivity contribution in [2.75, 3.05) is 13.1 Å². The molecule has 1 atom stereocenters. The Morgan fingerprint density at radius 3 is 2.63 bits per heavy atom. The number of nitrogens with one attached hydrogen (secondary N) is 1. The molecule has 144 valence electrons. The standard InChI is InChI=1S/C20H25FN4O2/c1-13(2)18-12-24(20(27)17-10-14(3)22-23-17)9-8-19(26)25(18)11-15-4-6-16(21)7-5-15/h4-7,10,13,18H,8-9,11-12H2,1-3H3,(H,22,23). The third kappa shape index (κ3) is 4.35. The largest absolute Gasteiger partial charge is 0.335 e. The molecule has 2 aromatic rings. The molecule has 1 N–H and O–H groups in total. The Morgan fingerprint density at radius 2 is 2.04 bits per heavy atom. The number of aryl methyl sites for hydroxylation is 1. The molecule has 0 bridgehead atoms. The predicted octanol–water partition coefficient (Wildman–Crippen LogP) is 2.76. The van der Waals surface area contributed by atoms with Crippen molar-refractivity contribution in [2.24, 2.45) is 5.92 Å². The van der Waals surface area contributed by atoms with E-state index >= 15 is 0 Å². The van der Waals surface area contributed by atoms with Crippen molar-refractivity contribution in [3.05, 3.63) is 53.1 Å². The van der Waals surface area contributed by atoms with Gasteiger partial charge in [-0.05, 0) is 36.6 Å². The highest BCUT2D eigenvalue weighted by Gasteiger charge is 2.34. The van der Waals surface area contributed by atoms with E-state index in [0.717, 1.165) is 11.3 Å². The molecule has 1 unspecified atom stereocenters. The van der Waals surface area contributed by atoms with Gasteiger partial charge in [0.15, 0.2) is 0 Å². The van der Waals surface area contributed by atoms with Gasteiger partial charge >= 0.3 is 0 Å². The Kier molecular flexibility index (Phi) is 5.58. The second-order valence-electron chi connectivity index (χ2n) is 7.40. The van der Waals surface area contributed by atoms with Crippen molar-refractivity contribution < 1.29 is 14.0 Å². The minimum absolute atomic E-state index is 0.00605. The fraction of sp³-hybridized carbons (Fsp3) is 0.450. The number of hydrogen-bond acceptors (Lipinski definition) is 3. The SMILES string of the molecule is Cc1cc(C(=O)N2CCC(=O)N(Cc3ccc(F)cc3)C(C(C)C)C2)n[nH]1. The number of benzene rings is 1. The van der Waals surface area contributed by atoms with Crippen molar-refractivity contribution in [2.45, 2.75) is 39.8 Å². The van der Waals surface area contributed by atoms with Crippen LogP contribution in [0.3, 0.4) is 0 Å². The van der Waals surface area contributed by atoms with Gasteiger partial charge in [-0.3, -0.25) is 14.7 Å². The van der Waals surface area contributed by atoms with Crippen LogP contribution < -0.4 is 0 Å². The van der Waals surface area contributed by atoms with E-state index in [9.17, 15) is 14.0 Å². The summed E-state index contributed by atoms with van der Waals surface area (Å²) in [5.74, 6) is -0.288. The number of carbonyl (C=O) groups excluding carboxylic acids is 2. The zero-order valence-corrected chi connectivity index (χ0v) is 15.9. The lowest BCUT2D eigenvalue weighted by Gasteiger charge is -2.34. The molecule has 3 rings (SSSR count). The van der Waals surface area contributed by atoms with E-state index in [0.29, 0.717) is 25.3 Å². The minimum atomic E-state index is -0.299. The van der Waals surface area contributed by atoms with Crippen molar-refractivity contribution in [3.63, 3.8) is 0 Å². The van der Waals surface area contributed by atoms with Crippen molar-refractivity contribution in [3.8, 4) is 0 Å². The lowest BCUT2D eigenvalue weighted by atomic mass is 10.0. The second-order valence-corrected chi connectivity index (χ2v) is 7.40. The normalized spacial score (nSPS) is 18.1. The molecule has 1 aromatic heterocycles. The molecule has 1 fully saturated rings. The lowest BCUT2D eigenvalue weighted by Crippen LogP contribution is -2.47. The van der Waals surface area contributed by atoms with Gasteiger partial charge in [0.05, 0.1) is 6.04 Å². The maximum Gasteiger partial charge on any atom is 0.274 e. The highest BCUT2D eigenvalue weighted by molar-refractivity contribution is 5.93. The summed E-state index contributed by atoms with van der Waals surface area (Å²) in [4.78, 5) is 29.1. The first-order chi connectivity index (χ1) is 12.8. The molecule has 1 aliphatic rings. The first-order valence-electron chi connectivity index (χ1n) is 9.20. The van der Waals surface area contributed by atoms with Crippen LogP contribution in [0.4, 0.5) is 4.39 Å². The van der Waals surface area contributed by atoms with E-state index in [1.165, 1.54) is 12.1 Å². The van der Waals surface area contributed by atoms with Crippen LogP contribution in [0.2, 0.25) is 0 Å². The van der Waals surface area contributed by atoms with Gasteiger partial charge in [0, 0.05) is 31.7 Å². The third-order valence-electron chi connectivity index (χ3n) is 4.97. The van der Waals surface area contributed by atoms with Crippen LogP contribution in [-0.4, -0.2) is 50.9 Å². The smallest absolute Gasteiger partial charge is 0.274 e. The first-order valence-corrected chi connectivity index (χ1v) is 9.20. The van der Waals surface area contributed by atoms with Gasteiger partial charge in [-0.25, -0.2) is 4.39 Å². The van der Waals surface area contributed by atoms with Crippen molar-refractivity contribution in [1.82, 2.24) is 20.0 Å². The lowest BCUT2D eigenvalue weighted by molar-refractivity contribution is -0.134. The highest BCUT2D eigenvalue weighted by Crippen LogP contribution is 2.22. The van der Waals surface area contributed by atoms with Crippen LogP contribution >= 0.6 is 0 Å². The van der Waals surface area contributed by atoms with Gasteiger partial charge < -0.3 is 9.80 Å². The summed E-state index contributed by atoms with van der Waals surface area (Å²) < 4.78 is 13.2. The number of aromatic amines is 1. The zero-order valence-electron chi connectivity index (χ0n) is 15.9. The van der Waals surface area contributed by atoms with E-state index in [1.54, 1.807) is 23.1 Å². The molecule has 2 amide bonds. The fourth-order valence-electron chi connectivity index (χ4n) is 3.41. The summed E-state index contributed by atoms with van der Waals surface area (Å²) in [7, 11) is 0. The van der Waals surface area contributed by atoms with Crippen LogP contribution in [0.15, 0.2) is 30.3 Å². The van der Waals surface area contributed by atoms with Gasteiger partial charge in [-0.2, -0.15) is 5.10 Å². The summed E-state index contributed by atoms with van der Waals surface area (Å²) in [6.45, 7) is 7.16. The topological polar surface area (TPSA) is 69.3 Å². The van der Waals surface area contributed by atoms with E-state index in [1.807, 2.05) is 25.7 Å². The molecular formula is C20H25FN4O2. The predicted molar refractivity (Wildman–Crippen MR) is 99.4 cm³/mol. The second kappa shape index (κ2) is 7.90. The van der Waals surface area contributed by atoms with E-state index in [4.69, 9.17) is 0 Å². The van der Waals surface area contributed by atoms with Crippen LogP contribution in [-0.2, 0) is 11.3 Å².